The molecule has 0 atom stereocenters. The fourth-order valence-electron chi connectivity index (χ4n) is 0.951. The lowest BCUT2D eigenvalue weighted by molar-refractivity contribution is -0.131. The summed E-state index contributed by atoms with van der Waals surface area (Å²) in [5.74, 6) is -0.360. The Kier molecular flexibility index (Phi) is 3.59. The normalized spacial score (nSPS) is 11.1. The van der Waals surface area contributed by atoms with Gasteiger partial charge < -0.3 is 9.84 Å². The molecule has 0 saturated carbocycles. The predicted molar refractivity (Wildman–Crippen MR) is 57.6 cm³/mol. The molecular formula is C10H10O3S. The minimum atomic E-state index is -1.05. The second-order valence-electron chi connectivity index (χ2n) is 2.61. The van der Waals surface area contributed by atoms with Gasteiger partial charge in [0.25, 0.3) is 0 Å². The Labute approximate surface area is 87.4 Å². The number of carbonyl (C=O) groups is 1. The summed E-state index contributed by atoms with van der Waals surface area (Å²) in [6.45, 7) is 0. The number of hydrogen-bond acceptors (Lipinski definition) is 3. The molecule has 0 heterocycles. The van der Waals surface area contributed by atoms with Crippen molar-refractivity contribution in [3.8, 4) is 5.75 Å². The molecule has 74 valence electrons. The Bertz CT molecular complexity index is 371. The van der Waals surface area contributed by atoms with Crippen LogP contribution < -0.4 is 4.74 Å². The van der Waals surface area contributed by atoms with E-state index in [1.54, 1.807) is 31.4 Å². The third kappa shape index (κ3) is 2.81. The first-order valence-electron chi connectivity index (χ1n) is 3.91. The van der Waals surface area contributed by atoms with Crippen molar-refractivity contribution in [1.82, 2.24) is 0 Å². The van der Waals surface area contributed by atoms with Gasteiger partial charge in [0.05, 0.1) is 12.0 Å². The van der Waals surface area contributed by atoms with Crippen molar-refractivity contribution in [2.75, 3.05) is 7.11 Å². The first-order valence-corrected chi connectivity index (χ1v) is 4.36. The van der Waals surface area contributed by atoms with E-state index < -0.39 is 5.97 Å². The number of aliphatic carboxylic acids is 1. The molecule has 0 aliphatic carbocycles. The summed E-state index contributed by atoms with van der Waals surface area (Å²) < 4.78 is 5.00. The number of ether oxygens (including phenoxy) is 1. The Morgan fingerprint density at radius 3 is 2.86 bits per heavy atom. The highest BCUT2D eigenvalue weighted by Crippen LogP contribution is 2.16. The van der Waals surface area contributed by atoms with E-state index in [0.717, 1.165) is 5.56 Å². The Morgan fingerprint density at radius 2 is 2.29 bits per heavy atom. The van der Waals surface area contributed by atoms with E-state index in [2.05, 4.69) is 12.6 Å². The van der Waals surface area contributed by atoms with Gasteiger partial charge in [0.1, 0.15) is 5.75 Å². The van der Waals surface area contributed by atoms with Crippen LogP contribution in [0.5, 0.6) is 5.75 Å². The average Bonchev–Trinajstić information content (AvgIpc) is 2.18. The number of rotatable bonds is 3. The maximum atomic E-state index is 10.5. The topological polar surface area (TPSA) is 46.5 Å². The molecule has 0 unspecified atom stereocenters. The van der Waals surface area contributed by atoms with Crippen molar-refractivity contribution in [3.63, 3.8) is 0 Å². The fraction of sp³-hybridized carbons (Fsp3) is 0.100. The van der Waals surface area contributed by atoms with E-state index in [4.69, 9.17) is 9.84 Å². The number of carboxylic acid groups (broad SMARTS) is 1. The molecule has 0 fully saturated rings. The summed E-state index contributed by atoms with van der Waals surface area (Å²) in [6.07, 6.45) is 1.47. The third-order valence-electron chi connectivity index (χ3n) is 1.62. The van der Waals surface area contributed by atoms with Crippen molar-refractivity contribution >= 4 is 24.7 Å². The Hall–Kier alpha value is -1.42. The molecule has 1 aromatic carbocycles. The molecule has 1 N–H and O–H groups in total. The van der Waals surface area contributed by atoms with Crippen LogP contribution in [0.2, 0.25) is 0 Å². The van der Waals surface area contributed by atoms with Crippen LogP contribution in [0.25, 0.3) is 6.08 Å². The standard InChI is InChI=1S/C10H10O3S/c1-13-8-4-2-3-7(5-8)6-9(14)10(11)12/h2-6,14H,1H3,(H,11,12)/b9-6-. The zero-order chi connectivity index (χ0) is 10.6. The molecule has 14 heavy (non-hydrogen) atoms. The molecule has 0 aliphatic heterocycles. The lowest BCUT2D eigenvalue weighted by Gasteiger charge is -2.00. The molecule has 0 radical (unpaired) electrons. The van der Waals surface area contributed by atoms with E-state index in [1.165, 1.54) is 6.08 Å². The zero-order valence-electron chi connectivity index (χ0n) is 7.60. The van der Waals surface area contributed by atoms with Gasteiger partial charge >= 0.3 is 5.97 Å². The number of hydrogen-bond donors (Lipinski definition) is 2. The quantitative estimate of drug-likeness (QED) is 0.593. The first kappa shape index (κ1) is 10.7. The minimum absolute atomic E-state index is 0.00162. The van der Waals surface area contributed by atoms with Gasteiger partial charge in [-0.15, -0.1) is 12.6 Å². The molecule has 1 rings (SSSR count). The smallest absolute Gasteiger partial charge is 0.341 e. The summed E-state index contributed by atoms with van der Waals surface area (Å²) in [6, 6.07) is 7.09. The van der Waals surface area contributed by atoms with Crippen LogP contribution in [0, 0.1) is 0 Å². The summed E-state index contributed by atoms with van der Waals surface area (Å²) in [5, 5.41) is 8.59. The predicted octanol–water partition coefficient (Wildman–Crippen LogP) is 2.05. The van der Waals surface area contributed by atoms with Crippen LogP contribution >= 0.6 is 12.6 Å². The van der Waals surface area contributed by atoms with Gasteiger partial charge in [-0.05, 0) is 23.8 Å². The van der Waals surface area contributed by atoms with E-state index in [0.29, 0.717) is 5.75 Å². The van der Waals surface area contributed by atoms with Gasteiger partial charge in [0.15, 0.2) is 0 Å². The van der Waals surface area contributed by atoms with Crippen molar-refractivity contribution < 1.29 is 14.6 Å². The molecule has 1 aromatic rings. The molecule has 0 aromatic heterocycles. The highest BCUT2D eigenvalue weighted by Gasteiger charge is 2.01. The van der Waals surface area contributed by atoms with Crippen molar-refractivity contribution in [1.29, 1.82) is 0 Å². The molecule has 0 saturated heterocycles. The minimum Gasteiger partial charge on any atom is -0.497 e. The van der Waals surface area contributed by atoms with Crippen molar-refractivity contribution in [3.05, 3.63) is 34.7 Å². The molecule has 4 heteroatoms. The largest absolute Gasteiger partial charge is 0.497 e. The number of benzene rings is 1. The molecule has 0 aliphatic rings. The maximum absolute atomic E-state index is 10.5. The Balaban J connectivity index is 2.97. The van der Waals surface area contributed by atoms with Crippen molar-refractivity contribution in [2.24, 2.45) is 0 Å². The highest BCUT2D eigenvalue weighted by molar-refractivity contribution is 7.85. The van der Waals surface area contributed by atoms with E-state index in [1.807, 2.05) is 0 Å². The van der Waals surface area contributed by atoms with Crippen molar-refractivity contribution in [2.45, 2.75) is 0 Å². The van der Waals surface area contributed by atoms with Gasteiger partial charge in [-0.2, -0.15) is 0 Å². The van der Waals surface area contributed by atoms with Gasteiger partial charge in [-0.3, -0.25) is 0 Å². The summed E-state index contributed by atoms with van der Waals surface area (Å²) in [4.78, 5) is 10.5. The number of methoxy groups -OCH3 is 1. The second kappa shape index (κ2) is 4.72. The summed E-state index contributed by atoms with van der Waals surface area (Å²) >= 11 is 3.82. The van der Waals surface area contributed by atoms with Crippen LogP contribution in [-0.2, 0) is 4.79 Å². The number of carboxylic acids is 1. The van der Waals surface area contributed by atoms with Crippen LogP contribution in [-0.4, -0.2) is 18.2 Å². The number of thiol groups is 1. The SMILES string of the molecule is COc1cccc(/C=C(\S)C(=O)O)c1. The van der Waals surface area contributed by atoms with E-state index >= 15 is 0 Å². The molecule has 0 amide bonds. The van der Waals surface area contributed by atoms with Crippen LogP contribution in [0.4, 0.5) is 0 Å². The van der Waals surface area contributed by atoms with Gasteiger partial charge in [-0.1, -0.05) is 12.1 Å². The Morgan fingerprint density at radius 1 is 1.57 bits per heavy atom. The second-order valence-corrected chi connectivity index (χ2v) is 3.09. The van der Waals surface area contributed by atoms with Gasteiger partial charge in [0, 0.05) is 0 Å². The molecule has 0 spiro atoms. The van der Waals surface area contributed by atoms with Crippen LogP contribution in [0.1, 0.15) is 5.56 Å². The monoisotopic (exact) mass is 210 g/mol. The fourth-order valence-corrected chi connectivity index (χ4v) is 1.10. The molecular weight excluding hydrogens is 200 g/mol. The van der Waals surface area contributed by atoms with Gasteiger partial charge in [-0.25, -0.2) is 4.79 Å². The third-order valence-corrected chi connectivity index (χ3v) is 1.94. The van der Waals surface area contributed by atoms with E-state index in [-0.39, 0.29) is 4.91 Å². The first-order chi connectivity index (χ1) is 6.63. The molecule has 3 nitrogen and oxygen atoms in total. The van der Waals surface area contributed by atoms with Crippen LogP contribution in [0.3, 0.4) is 0 Å². The molecule has 0 bridgehead atoms. The average molecular weight is 210 g/mol. The van der Waals surface area contributed by atoms with Gasteiger partial charge in [0.2, 0.25) is 0 Å². The van der Waals surface area contributed by atoms with Crippen LogP contribution in [0.15, 0.2) is 29.2 Å². The summed E-state index contributed by atoms with van der Waals surface area (Å²) in [7, 11) is 1.56. The lowest BCUT2D eigenvalue weighted by atomic mass is 10.2. The highest BCUT2D eigenvalue weighted by atomic mass is 32.1. The summed E-state index contributed by atoms with van der Waals surface area (Å²) in [5.41, 5.74) is 0.747. The lowest BCUT2D eigenvalue weighted by Crippen LogP contribution is -1.93. The zero-order valence-corrected chi connectivity index (χ0v) is 8.49. The van der Waals surface area contributed by atoms with E-state index in [9.17, 15) is 4.79 Å². The maximum Gasteiger partial charge on any atom is 0.341 e.